The van der Waals surface area contributed by atoms with Gasteiger partial charge in [0.2, 0.25) is 0 Å². The van der Waals surface area contributed by atoms with Crippen molar-refractivity contribution in [1.82, 2.24) is 15.1 Å². The predicted octanol–water partition coefficient (Wildman–Crippen LogP) is 1.21. The van der Waals surface area contributed by atoms with Crippen molar-refractivity contribution in [3.63, 3.8) is 0 Å². The number of carboxylic acid groups (broad SMARTS) is 1. The van der Waals surface area contributed by atoms with Crippen LogP contribution < -0.4 is 5.32 Å². The minimum absolute atomic E-state index is 0.396. The summed E-state index contributed by atoms with van der Waals surface area (Å²) in [4.78, 5) is 23.4. The van der Waals surface area contributed by atoms with Gasteiger partial charge in [-0.2, -0.15) is 5.10 Å². The summed E-state index contributed by atoms with van der Waals surface area (Å²) in [5.74, 6) is -1.44. The molecule has 19 heavy (non-hydrogen) atoms. The van der Waals surface area contributed by atoms with Gasteiger partial charge >= 0.3 is 5.97 Å². The highest BCUT2D eigenvalue weighted by Gasteiger charge is 2.33. The molecule has 1 heterocycles. The van der Waals surface area contributed by atoms with Crippen molar-refractivity contribution >= 4 is 11.9 Å². The standard InChI is InChI=1S/C13H21N3O3/c1-6-9-8(7-16(5)15-9)11(17)14-10(12(18)19)13(2,3)4/h7,10H,6H2,1-5H3,(H,14,17)(H,18,19)/t10-/m1/s1. The van der Waals surface area contributed by atoms with E-state index in [4.69, 9.17) is 0 Å². The molecule has 6 nitrogen and oxygen atoms in total. The molecule has 0 aliphatic carbocycles. The lowest BCUT2D eigenvalue weighted by molar-refractivity contribution is -0.142. The van der Waals surface area contributed by atoms with E-state index in [2.05, 4.69) is 10.4 Å². The van der Waals surface area contributed by atoms with Gasteiger partial charge in [0.15, 0.2) is 0 Å². The molecule has 1 aromatic heterocycles. The number of aliphatic carboxylic acids is 1. The summed E-state index contributed by atoms with van der Waals surface area (Å²) in [6, 6.07) is -0.940. The minimum Gasteiger partial charge on any atom is -0.480 e. The van der Waals surface area contributed by atoms with Gasteiger partial charge in [0, 0.05) is 13.2 Å². The maximum absolute atomic E-state index is 12.2. The number of nitrogens with zero attached hydrogens (tertiary/aromatic N) is 2. The Morgan fingerprint density at radius 2 is 2.05 bits per heavy atom. The Hall–Kier alpha value is -1.85. The van der Waals surface area contributed by atoms with Gasteiger partial charge in [-0.05, 0) is 11.8 Å². The number of carbonyl (C=O) groups is 2. The first-order valence-electron chi connectivity index (χ1n) is 6.23. The van der Waals surface area contributed by atoms with E-state index in [9.17, 15) is 14.7 Å². The summed E-state index contributed by atoms with van der Waals surface area (Å²) in [6.45, 7) is 7.22. The Kier molecular flexibility index (Phi) is 4.34. The molecule has 0 fully saturated rings. The fraction of sp³-hybridized carbons (Fsp3) is 0.615. The van der Waals surface area contributed by atoms with Crippen LogP contribution in [0.3, 0.4) is 0 Å². The van der Waals surface area contributed by atoms with E-state index in [0.29, 0.717) is 17.7 Å². The van der Waals surface area contributed by atoms with Crippen molar-refractivity contribution in [1.29, 1.82) is 0 Å². The summed E-state index contributed by atoms with van der Waals surface area (Å²) in [5.41, 5.74) is 0.536. The number of rotatable bonds is 4. The fourth-order valence-corrected chi connectivity index (χ4v) is 1.84. The van der Waals surface area contributed by atoms with Crippen molar-refractivity contribution in [2.45, 2.75) is 40.2 Å². The van der Waals surface area contributed by atoms with Crippen LogP contribution in [-0.4, -0.2) is 32.8 Å². The third-order valence-corrected chi connectivity index (χ3v) is 2.87. The van der Waals surface area contributed by atoms with Gasteiger partial charge in [-0.25, -0.2) is 4.79 Å². The highest BCUT2D eigenvalue weighted by Crippen LogP contribution is 2.20. The van der Waals surface area contributed by atoms with Gasteiger partial charge in [0.25, 0.3) is 5.91 Å². The third-order valence-electron chi connectivity index (χ3n) is 2.87. The Labute approximate surface area is 112 Å². The Bertz CT molecular complexity index is 486. The van der Waals surface area contributed by atoms with Gasteiger partial charge < -0.3 is 10.4 Å². The topological polar surface area (TPSA) is 84.2 Å². The molecule has 0 bridgehead atoms. The highest BCUT2D eigenvalue weighted by molar-refractivity contribution is 5.97. The van der Waals surface area contributed by atoms with E-state index < -0.39 is 23.3 Å². The number of carboxylic acids is 1. The summed E-state index contributed by atoms with van der Waals surface area (Å²) in [6.07, 6.45) is 2.23. The Morgan fingerprint density at radius 3 is 2.47 bits per heavy atom. The average Bonchev–Trinajstić information content (AvgIpc) is 2.65. The van der Waals surface area contributed by atoms with Crippen molar-refractivity contribution in [2.75, 3.05) is 0 Å². The average molecular weight is 267 g/mol. The number of hydrogen-bond acceptors (Lipinski definition) is 3. The van der Waals surface area contributed by atoms with Crippen LogP contribution >= 0.6 is 0 Å². The van der Waals surface area contributed by atoms with Gasteiger partial charge in [-0.15, -0.1) is 0 Å². The molecule has 106 valence electrons. The number of nitrogens with one attached hydrogen (secondary N) is 1. The molecule has 0 aliphatic heterocycles. The van der Waals surface area contributed by atoms with E-state index in [0.717, 1.165) is 0 Å². The monoisotopic (exact) mass is 267 g/mol. The van der Waals surface area contributed by atoms with Crippen LogP contribution in [0.5, 0.6) is 0 Å². The molecular formula is C13H21N3O3. The molecule has 1 atom stereocenters. The second-order valence-corrected chi connectivity index (χ2v) is 5.63. The maximum atomic E-state index is 12.2. The van der Waals surface area contributed by atoms with Crippen LogP contribution in [0.4, 0.5) is 0 Å². The normalized spacial score (nSPS) is 13.1. The molecule has 0 saturated carbocycles. The molecule has 6 heteroatoms. The van der Waals surface area contributed by atoms with Gasteiger partial charge in [0.05, 0.1) is 11.3 Å². The smallest absolute Gasteiger partial charge is 0.326 e. The summed E-state index contributed by atoms with van der Waals surface area (Å²) < 4.78 is 1.56. The van der Waals surface area contributed by atoms with Gasteiger partial charge in [-0.1, -0.05) is 27.7 Å². The largest absolute Gasteiger partial charge is 0.480 e. The summed E-state index contributed by atoms with van der Waals surface area (Å²) >= 11 is 0. The second-order valence-electron chi connectivity index (χ2n) is 5.63. The number of carbonyl (C=O) groups excluding carboxylic acids is 1. The van der Waals surface area contributed by atoms with Crippen molar-refractivity contribution < 1.29 is 14.7 Å². The van der Waals surface area contributed by atoms with Crippen LogP contribution in [0.1, 0.15) is 43.7 Å². The van der Waals surface area contributed by atoms with Crippen LogP contribution in [0.15, 0.2) is 6.20 Å². The van der Waals surface area contributed by atoms with Crippen LogP contribution in [-0.2, 0) is 18.3 Å². The second kappa shape index (κ2) is 5.42. The van der Waals surface area contributed by atoms with E-state index >= 15 is 0 Å². The molecule has 0 saturated heterocycles. The zero-order valence-electron chi connectivity index (χ0n) is 12.0. The molecular weight excluding hydrogens is 246 g/mol. The molecule has 0 unspecified atom stereocenters. The van der Waals surface area contributed by atoms with Crippen LogP contribution in [0.2, 0.25) is 0 Å². The van der Waals surface area contributed by atoms with Crippen molar-refractivity contribution in [3.05, 3.63) is 17.5 Å². The predicted molar refractivity (Wildman–Crippen MR) is 70.9 cm³/mol. The first kappa shape index (κ1) is 15.2. The van der Waals surface area contributed by atoms with E-state index in [1.54, 1.807) is 38.7 Å². The lowest BCUT2D eigenvalue weighted by atomic mass is 9.86. The zero-order chi connectivity index (χ0) is 14.8. The van der Waals surface area contributed by atoms with Crippen molar-refractivity contribution in [3.8, 4) is 0 Å². The number of hydrogen-bond donors (Lipinski definition) is 2. The number of aryl methyl sites for hydroxylation is 2. The first-order chi connectivity index (χ1) is 8.66. The molecule has 2 N–H and O–H groups in total. The van der Waals surface area contributed by atoms with Gasteiger partial charge in [-0.3, -0.25) is 9.48 Å². The third kappa shape index (κ3) is 3.56. The quantitative estimate of drug-likeness (QED) is 0.858. The molecule has 1 amide bonds. The van der Waals surface area contributed by atoms with Crippen LogP contribution in [0, 0.1) is 5.41 Å². The highest BCUT2D eigenvalue weighted by atomic mass is 16.4. The van der Waals surface area contributed by atoms with Crippen molar-refractivity contribution in [2.24, 2.45) is 12.5 Å². The number of aromatic nitrogens is 2. The lowest BCUT2D eigenvalue weighted by Gasteiger charge is -2.27. The minimum atomic E-state index is -1.04. The first-order valence-corrected chi connectivity index (χ1v) is 6.23. The molecule has 0 aromatic carbocycles. The van der Waals surface area contributed by atoms with Gasteiger partial charge in [0.1, 0.15) is 6.04 Å². The molecule has 0 radical (unpaired) electrons. The summed E-state index contributed by atoms with van der Waals surface area (Å²) in [7, 11) is 1.73. The molecule has 0 spiro atoms. The maximum Gasteiger partial charge on any atom is 0.326 e. The Morgan fingerprint density at radius 1 is 1.47 bits per heavy atom. The zero-order valence-corrected chi connectivity index (χ0v) is 12.0. The van der Waals surface area contributed by atoms with Crippen LogP contribution in [0.25, 0.3) is 0 Å². The molecule has 1 rings (SSSR count). The van der Waals surface area contributed by atoms with E-state index in [1.165, 1.54) is 0 Å². The molecule has 1 aromatic rings. The fourth-order valence-electron chi connectivity index (χ4n) is 1.84. The Balaban J connectivity index is 2.97. The molecule has 0 aliphatic rings. The lowest BCUT2D eigenvalue weighted by Crippen LogP contribution is -2.49. The summed E-state index contributed by atoms with van der Waals surface area (Å²) in [5, 5.41) is 15.9. The SMILES string of the molecule is CCc1nn(C)cc1C(=O)N[C@H](C(=O)O)C(C)(C)C. The number of amides is 1. The van der Waals surface area contributed by atoms with E-state index in [1.807, 2.05) is 6.92 Å². The van der Waals surface area contributed by atoms with E-state index in [-0.39, 0.29) is 0 Å².